The molecule has 2 aliphatic rings. The number of amides is 2. The van der Waals surface area contributed by atoms with Crippen LogP contribution in [0.3, 0.4) is 0 Å². The lowest BCUT2D eigenvalue weighted by Crippen LogP contribution is -2.61. The molecule has 0 radical (unpaired) electrons. The van der Waals surface area contributed by atoms with Crippen LogP contribution in [0.15, 0.2) is 9.93 Å². The summed E-state index contributed by atoms with van der Waals surface area (Å²) in [4.78, 5) is 46.6. The number of carbonyl (C=O) groups is 4. The van der Waals surface area contributed by atoms with Crippen LogP contribution >= 0.6 is 23.5 Å². The normalized spacial score (nSPS) is 24.6. The van der Waals surface area contributed by atoms with Gasteiger partial charge in [0.25, 0.3) is 0 Å². The van der Waals surface area contributed by atoms with Gasteiger partial charge in [0.1, 0.15) is 17.4 Å². The maximum Gasteiger partial charge on any atom is 0.354 e. The Balaban J connectivity index is 2.16. The van der Waals surface area contributed by atoms with Crippen molar-refractivity contribution < 1.29 is 29.0 Å². The Kier molecular flexibility index (Phi) is 4.71. The van der Waals surface area contributed by atoms with E-state index in [0.717, 1.165) is 11.8 Å². The second-order valence-electron chi connectivity index (χ2n) is 4.75. The van der Waals surface area contributed by atoms with Crippen molar-refractivity contribution in [1.29, 1.82) is 0 Å². The molecule has 0 aliphatic carbocycles. The van der Waals surface area contributed by atoms with E-state index in [1.54, 1.807) is 6.92 Å². The number of nitrogens with zero attached hydrogens (tertiary/aromatic N) is 1. The molecule has 0 spiro atoms. The van der Waals surface area contributed by atoms with Gasteiger partial charge < -0.3 is 15.6 Å². The van der Waals surface area contributed by atoms with Gasteiger partial charge in [0.15, 0.2) is 5.70 Å². The number of carbonyl (C=O) groups excluding carboxylic acids is 3. The van der Waals surface area contributed by atoms with Crippen molar-refractivity contribution in [2.24, 2.45) is 11.7 Å². The van der Waals surface area contributed by atoms with Gasteiger partial charge in [-0.15, -0.1) is 11.8 Å². The van der Waals surface area contributed by atoms with E-state index in [0.29, 0.717) is 4.24 Å². The number of nitrogens with two attached hydrogens (primary N) is 1. The summed E-state index contributed by atoms with van der Waals surface area (Å²) in [5.41, 5.74) is 4.92. The minimum absolute atomic E-state index is 0.0714. The molecule has 2 heterocycles. The highest BCUT2D eigenvalue weighted by atomic mass is 32.2. The van der Waals surface area contributed by atoms with Gasteiger partial charge in [0, 0.05) is 6.92 Å². The first-order valence-electron chi connectivity index (χ1n) is 6.29. The highest BCUT2D eigenvalue weighted by molar-refractivity contribution is 8.23. The number of esters is 1. The molecule has 1 fully saturated rings. The minimum atomic E-state index is -1.24. The van der Waals surface area contributed by atoms with Crippen LogP contribution in [0.1, 0.15) is 13.8 Å². The molecular formula is C12H14N2O6S2. The fraction of sp³-hybridized carbons (Fsp3) is 0.500. The third-order valence-corrected chi connectivity index (χ3v) is 5.83. The van der Waals surface area contributed by atoms with Gasteiger partial charge in [0.2, 0.25) is 11.8 Å². The highest BCUT2D eigenvalue weighted by Crippen LogP contribution is 2.53. The molecule has 0 aromatic rings. The van der Waals surface area contributed by atoms with E-state index in [1.165, 1.54) is 23.6 Å². The first kappa shape index (κ1) is 16.7. The lowest BCUT2D eigenvalue weighted by molar-refractivity contribution is -0.165. The Hall–Kier alpha value is -1.68. The second-order valence-corrected chi connectivity index (χ2v) is 7.12. The van der Waals surface area contributed by atoms with Crippen molar-refractivity contribution in [2.45, 2.75) is 25.3 Å². The molecule has 0 saturated carbocycles. The van der Waals surface area contributed by atoms with Crippen molar-refractivity contribution in [2.75, 3.05) is 5.75 Å². The number of thioether (sulfide) groups is 2. The summed E-state index contributed by atoms with van der Waals surface area (Å²) < 4.78 is 5.38. The topological polar surface area (TPSA) is 127 Å². The third kappa shape index (κ3) is 2.93. The minimum Gasteiger partial charge on any atom is -0.477 e. The van der Waals surface area contributed by atoms with Crippen molar-refractivity contribution in [1.82, 2.24) is 4.90 Å². The number of carboxylic acids is 1. The van der Waals surface area contributed by atoms with Gasteiger partial charge in [-0.3, -0.25) is 19.3 Å². The van der Waals surface area contributed by atoms with Gasteiger partial charge in [-0.1, -0.05) is 11.8 Å². The Morgan fingerprint density at radius 1 is 1.50 bits per heavy atom. The van der Waals surface area contributed by atoms with Gasteiger partial charge in [0.05, 0.1) is 9.99 Å². The molecule has 120 valence electrons. The van der Waals surface area contributed by atoms with E-state index in [-0.39, 0.29) is 11.4 Å². The molecule has 2 unspecified atom stereocenters. The zero-order valence-electron chi connectivity index (χ0n) is 11.8. The molecule has 2 aliphatic heterocycles. The number of carboxylic acid groups (broad SMARTS) is 1. The van der Waals surface area contributed by atoms with Crippen LogP contribution in [0.2, 0.25) is 0 Å². The molecule has 3 atom stereocenters. The van der Waals surface area contributed by atoms with Gasteiger partial charge in [-0.25, -0.2) is 4.79 Å². The van der Waals surface area contributed by atoms with Gasteiger partial charge in [-0.2, -0.15) is 0 Å². The summed E-state index contributed by atoms with van der Waals surface area (Å²) in [6, 6.07) is 0. The van der Waals surface area contributed by atoms with Crippen LogP contribution in [0.5, 0.6) is 0 Å². The maximum atomic E-state index is 12.2. The molecule has 0 aromatic carbocycles. The summed E-state index contributed by atoms with van der Waals surface area (Å²) in [6.07, 6.45) is -0.644. The van der Waals surface area contributed by atoms with E-state index in [9.17, 15) is 24.3 Å². The van der Waals surface area contributed by atoms with E-state index in [1.807, 2.05) is 0 Å². The number of primary amides is 1. The number of β-lactam (4-membered cyclic amide) rings is 1. The van der Waals surface area contributed by atoms with Crippen LogP contribution in [-0.4, -0.2) is 51.0 Å². The van der Waals surface area contributed by atoms with E-state index in [4.69, 9.17) is 10.5 Å². The number of fused-ring (bicyclic) bond motifs is 1. The average Bonchev–Trinajstić information content (AvgIpc) is 2.70. The van der Waals surface area contributed by atoms with Crippen molar-refractivity contribution >= 4 is 47.3 Å². The number of hydrogen-bond acceptors (Lipinski definition) is 7. The lowest BCUT2D eigenvalue weighted by Gasteiger charge is -2.44. The second kappa shape index (κ2) is 6.21. The predicted molar refractivity (Wildman–Crippen MR) is 79.3 cm³/mol. The molecule has 2 amide bonds. The van der Waals surface area contributed by atoms with Crippen LogP contribution in [0.4, 0.5) is 0 Å². The zero-order chi connectivity index (χ0) is 16.6. The summed E-state index contributed by atoms with van der Waals surface area (Å²) in [6.45, 7) is 2.84. The molecule has 8 nitrogen and oxygen atoms in total. The lowest BCUT2D eigenvalue weighted by atomic mass is 9.92. The quantitative estimate of drug-likeness (QED) is 0.506. The average molecular weight is 346 g/mol. The maximum absolute atomic E-state index is 12.2. The van der Waals surface area contributed by atoms with Crippen LogP contribution in [0.25, 0.3) is 0 Å². The first-order chi connectivity index (χ1) is 10.2. The fourth-order valence-electron chi connectivity index (χ4n) is 2.31. The Bertz CT molecular complexity index is 590. The number of aliphatic carboxylic acids is 1. The molecule has 22 heavy (non-hydrogen) atoms. The number of rotatable bonds is 6. The monoisotopic (exact) mass is 346 g/mol. The molecule has 10 heteroatoms. The molecule has 1 saturated heterocycles. The Morgan fingerprint density at radius 2 is 2.14 bits per heavy atom. The van der Waals surface area contributed by atoms with Crippen molar-refractivity contribution in [3.05, 3.63) is 9.93 Å². The van der Waals surface area contributed by atoms with Crippen LogP contribution < -0.4 is 5.73 Å². The highest BCUT2D eigenvalue weighted by Gasteiger charge is 2.58. The fourth-order valence-corrected chi connectivity index (χ4v) is 4.97. The van der Waals surface area contributed by atoms with E-state index >= 15 is 0 Å². The van der Waals surface area contributed by atoms with E-state index < -0.39 is 41.1 Å². The molecule has 3 N–H and O–H groups in total. The van der Waals surface area contributed by atoms with Gasteiger partial charge >= 0.3 is 11.9 Å². The van der Waals surface area contributed by atoms with Crippen molar-refractivity contribution in [3.8, 4) is 0 Å². The summed E-state index contributed by atoms with van der Waals surface area (Å²) in [7, 11) is 0. The molecule has 0 aromatic heterocycles. The standard InChI is InChI=1S/C12H14N2O6S2/c1-4(20-5(2)15)7-9(17)14-8(11(18)19)12(22-10(7)14)21-3-6(13)16/h4,7,10H,3H2,1-2H3,(H2,13,16)(H,18,19)/t4?,7?,10-/m1/s1. The number of hydrogen-bond donors (Lipinski definition) is 2. The molecular weight excluding hydrogens is 332 g/mol. The van der Waals surface area contributed by atoms with E-state index in [2.05, 4.69) is 0 Å². The van der Waals surface area contributed by atoms with Gasteiger partial charge in [-0.05, 0) is 6.92 Å². The largest absolute Gasteiger partial charge is 0.477 e. The SMILES string of the molecule is CC(=O)OC(C)C1C(=O)N2C(C(=O)O)=C(SCC(N)=O)S[C@H]12. The summed E-state index contributed by atoms with van der Waals surface area (Å²) in [5, 5.41) is 8.84. The predicted octanol–water partition coefficient (Wildman–Crippen LogP) is -0.0585. The molecule has 2 rings (SSSR count). The smallest absolute Gasteiger partial charge is 0.354 e. The number of ether oxygens (including phenoxy) is 1. The summed E-state index contributed by atoms with van der Waals surface area (Å²) in [5.74, 6) is -3.40. The van der Waals surface area contributed by atoms with Crippen LogP contribution in [-0.2, 0) is 23.9 Å². The summed E-state index contributed by atoms with van der Waals surface area (Å²) >= 11 is 2.17. The van der Waals surface area contributed by atoms with Crippen LogP contribution in [0, 0.1) is 5.92 Å². The van der Waals surface area contributed by atoms with Crippen molar-refractivity contribution in [3.63, 3.8) is 0 Å². The third-order valence-electron chi connectivity index (χ3n) is 3.15. The zero-order valence-corrected chi connectivity index (χ0v) is 13.4. The first-order valence-corrected chi connectivity index (χ1v) is 8.16. The Morgan fingerprint density at radius 3 is 2.64 bits per heavy atom. The Labute approximate surface area is 134 Å². The molecule has 0 bridgehead atoms.